The molecule has 1 aliphatic rings. The molecule has 1 saturated carbocycles. The maximum absolute atomic E-state index is 9.30. The van der Waals surface area contributed by atoms with Gasteiger partial charge in [0.25, 0.3) is 0 Å². The van der Waals surface area contributed by atoms with E-state index in [-0.39, 0.29) is 5.41 Å². The lowest BCUT2D eigenvalue weighted by Gasteiger charge is -2.30. The maximum atomic E-state index is 9.30. The molecule has 0 radical (unpaired) electrons. The molecule has 0 aliphatic heterocycles. The van der Waals surface area contributed by atoms with Crippen LogP contribution in [0.15, 0.2) is 36.4 Å². The summed E-state index contributed by atoms with van der Waals surface area (Å²) < 4.78 is 0. The normalized spacial score (nSPS) is 19.0. The molecule has 0 unspecified atom stereocenters. The number of phenols is 1. The minimum atomic E-state index is 0.174. The van der Waals surface area contributed by atoms with Crippen LogP contribution in [0.1, 0.15) is 38.2 Å². The lowest BCUT2D eigenvalue weighted by molar-refractivity contribution is 0.472. The first-order valence-corrected chi connectivity index (χ1v) is 5.61. The number of allylic oxidation sites excluding steroid dienone is 1. The quantitative estimate of drug-likeness (QED) is 0.723. The van der Waals surface area contributed by atoms with Crippen molar-refractivity contribution in [3.8, 4) is 5.75 Å². The van der Waals surface area contributed by atoms with Gasteiger partial charge in [-0.05, 0) is 37.5 Å². The first-order chi connectivity index (χ1) is 7.15. The van der Waals surface area contributed by atoms with E-state index in [0.717, 1.165) is 0 Å². The number of aromatic hydroxyl groups is 1. The van der Waals surface area contributed by atoms with Gasteiger partial charge in [-0.15, -0.1) is 0 Å². The first-order valence-electron chi connectivity index (χ1n) is 5.61. The number of benzene rings is 1. The average Bonchev–Trinajstić information content (AvgIpc) is 2.69. The SMILES string of the molecule is C=C(C)C1(c2ccc(O)cc2)CCCC1. The molecule has 1 heteroatoms. The molecule has 80 valence electrons. The fourth-order valence-electron chi connectivity index (χ4n) is 2.72. The first kappa shape index (κ1) is 10.3. The summed E-state index contributed by atoms with van der Waals surface area (Å²) in [6.07, 6.45) is 4.97. The van der Waals surface area contributed by atoms with Crippen molar-refractivity contribution in [2.75, 3.05) is 0 Å². The van der Waals surface area contributed by atoms with Gasteiger partial charge >= 0.3 is 0 Å². The third-order valence-corrected chi connectivity index (χ3v) is 3.69. The molecule has 0 bridgehead atoms. The Balaban J connectivity index is 2.41. The van der Waals surface area contributed by atoms with Crippen molar-refractivity contribution in [1.29, 1.82) is 0 Å². The van der Waals surface area contributed by atoms with Gasteiger partial charge in [-0.25, -0.2) is 0 Å². The summed E-state index contributed by atoms with van der Waals surface area (Å²) in [5, 5.41) is 9.30. The molecule has 1 aromatic carbocycles. The number of hydrogen-bond donors (Lipinski definition) is 1. The van der Waals surface area contributed by atoms with Crippen LogP contribution in [-0.2, 0) is 5.41 Å². The molecule has 0 aromatic heterocycles. The van der Waals surface area contributed by atoms with Crippen molar-refractivity contribution in [3.63, 3.8) is 0 Å². The minimum absolute atomic E-state index is 0.174. The zero-order valence-corrected chi connectivity index (χ0v) is 9.29. The molecule has 0 heterocycles. The van der Waals surface area contributed by atoms with Gasteiger partial charge in [0, 0.05) is 5.41 Å². The largest absolute Gasteiger partial charge is 0.508 e. The molecule has 1 N–H and O–H groups in total. The van der Waals surface area contributed by atoms with Gasteiger partial charge in [-0.2, -0.15) is 0 Å². The summed E-state index contributed by atoms with van der Waals surface area (Å²) in [4.78, 5) is 0. The topological polar surface area (TPSA) is 20.2 Å². The number of phenolic OH excluding ortho intramolecular Hbond substituents is 1. The monoisotopic (exact) mass is 202 g/mol. The van der Waals surface area contributed by atoms with E-state index >= 15 is 0 Å². The minimum Gasteiger partial charge on any atom is -0.508 e. The van der Waals surface area contributed by atoms with Gasteiger partial charge in [0.15, 0.2) is 0 Å². The average molecular weight is 202 g/mol. The molecular weight excluding hydrogens is 184 g/mol. The highest BCUT2D eigenvalue weighted by Crippen LogP contribution is 2.46. The fourth-order valence-corrected chi connectivity index (χ4v) is 2.72. The summed E-state index contributed by atoms with van der Waals surface area (Å²) in [7, 11) is 0. The second kappa shape index (κ2) is 3.73. The predicted molar refractivity (Wildman–Crippen MR) is 63.1 cm³/mol. The van der Waals surface area contributed by atoms with Gasteiger partial charge < -0.3 is 5.11 Å². The van der Waals surface area contributed by atoms with E-state index in [1.54, 1.807) is 12.1 Å². The van der Waals surface area contributed by atoms with Gasteiger partial charge in [-0.3, -0.25) is 0 Å². The molecule has 0 amide bonds. The predicted octanol–water partition coefficient (Wildman–Crippen LogP) is 3.78. The van der Waals surface area contributed by atoms with Crippen LogP contribution < -0.4 is 0 Å². The van der Waals surface area contributed by atoms with E-state index in [4.69, 9.17) is 0 Å². The Kier molecular flexibility index (Phi) is 2.56. The third-order valence-electron chi connectivity index (χ3n) is 3.69. The smallest absolute Gasteiger partial charge is 0.115 e. The van der Waals surface area contributed by atoms with Crippen molar-refractivity contribution in [1.82, 2.24) is 0 Å². The van der Waals surface area contributed by atoms with Crippen molar-refractivity contribution in [3.05, 3.63) is 42.0 Å². The van der Waals surface area contributed by atoms with Crippen molar-refractivity contribution < 1.29 is 5.11 Å². The third kappa shape index (κ3) is 1.67. The molecule has 15 heavy (non-hydrogen) atoms. The summed E-state index contributed by atoms with van der Waals surface area (Å²) in [6.45, 7) is 6.27. The van der Waals surface area contributed by atoms with Gasteiger partial charge in [0.1, 0.15) is 5.75 Å². The van der Waals surface area contributed by atoms with Crippen molar-refractivity contribution in [2.45, 2.75) is 38.0 Å². The van der Waals surface area contributed by atoms with Crippen LogP contribution in [0, 0.1) is 0 Å². The Hall–Kier alpha value is -1.24. The van der Waals surface area contributed by atoms with Crippen LogP contribution in [0.3, 0.4) is 0 Å². The number of hydrogen-bond acceptors (Lipinski definition) is 1. The molecule has 2 rings (SSSR count). The van der Waals surface area contributed by atoms with E-state index in [9.17, 15) is 5.11 Å². The van der Waals surface area contributed by atoms with Gasteiger partial charge in [0.05, 0.1) is 0 Å². The highest BCUT2D eigenvalue weighted by molar-refractivity contribution is 5.38. The summed E-state index contributed by atoms with van der Waals surface area (Å²) in [5.74, 6) is 0.341. The molecule has 1 nitrogen and oxygen atoms in total. The second-order valence-electron chi connectivity index (χ2n) is 4.62. The summed E-state index contributed by atoms with van der Waals surface area (Å²) in [5.41, 5.74) is 2.74. The van der Waals surface area contributed by atoms with Crippen LogP contribution in [0.2, 0.25) is 0 Å². The van der Waals surface area contributed by atoms with Crippen LogP contribution in [0.4, 0.5) is 0 Å². The molecule has 1 aromatic rings. The van der Waals surface area contributed by atoms with E-state index < -0.39 is 0 Å². The number of rotatable bonds is 2. The molecule has 1 fully saturated rings. The van der Waals surface area contributed by atoms with E-state index in [2.05, 4.69) is 13.5 Å². The maximum Gasteiger partial charge on any atom is 0.115 e. The Morgan fingerprint density at radius 2 is 1.73 bits per heavy atom. The van der Waals surface area contributed by atoms with E-state index in [1.807, 2.05) is 12.1 Å². The Morgan fingerprint density at radius 1 is 1.20 bits per heavy atom. The highest BCUT2D eigenvalue weighted by atomic mass is 16.3. The molecular formula is C14H18O. The lowest BCUT2D eigenvalue weighted by atomic mass is 9.74. The van der Waals surface area contributed by atoms with Crippen molar-refractivity contribution in [2.24, 2.45) is 0 Å². The second-order valence-corrected chi connectivity index (χ2v) is 4.62. The summed E-state index contributed by atoms with van der Waals surface area (Å²) >= 11 is 0. The van der Waals surface area contributed by atoms with Crippen LogP contribution in [-0.4, -0.2) is 5.11 Å². The zero-order valence-electron chi connectivity index (χ0n) is 9.29. The Labute approximate surface area is 91.4 Å². The molecule has 0 spiro atoms. The highest BCUT2D eigenvalue weighted by Gasteiger charge is 2.36. The standard InChI is InChI=1S/C14H18O/c1-11(2)14(9-3-4-10-14)12-5-7-13(15)8-6-12/h5-8,15H,1,3-4,9-10H2,2H3. The fraction of sp³-hybridized carbons (Fsp3) is 0.429. The Morgan fingerprint density at radius 3 is 2.20 bits per heavy atom. The molecule has 1 aliphatic carbocycles. The molecule has 0 saturated heterocycles. The van der Waals surface area contributed by atoms with Gasteiger partial charge in [0.2, 0.25) is 0 Å². The Bertz CT molecular complexity index is 355. The molecule has 0 atom stereocenters. The van der Waals surface area contributed by atoms with Crippen LogP contribution in [0.25, 0.3) is 0 Å². The zero-order chi connectivity index (χ0) is 10.9. The van der Waals surface area contributed by atoms with E-state index in [1.165, 1.54) is 36.8 Å². The lowest BCUT2D eigenvalue weighted by Crippen LogP contribution is -2.22. The van der Waals surface area contributed by atoms with E-state index in [0.29, 0.717) is 5.75 Å². The van der Waals surface area contributed by atoms with Crippen LogP contribution in [0.5, 0.6) is 5.75 Å². The summed E-state index contributed by atoms with van der Waals surface area (Å²) in [6, 6.07) is 7.63. The van der Waals surface area contributed by atoms with Crippen molar-refractivity contribution >= 4 is 0 Å². The van der Waals surface area contributed by atoms with Gasteiger partial charge in [-0.1, -0.05) is 37.1 Å². The van der Waals surface area contributed by atoms with Crippen LogP contribution >= 0.6 is 0 Å².